The van der Waals surface area contributed by atoms with E-state index in [1.807, 2.05) is 6.07 Å². The molecule has 3 rings (SSSR count). The molecule has 3 aromatic rings. The maximum Gasteiger partial charge on any atom is 0.248 e. The lowest BCUT2D eigenvalue weighted by Crippen LogP contribution is -2.11. The number of carbonyl (C=O) groups excluding carboxylic acids is 1. The van der Waals surface area contributed by atoms with Crippen LogP contribution in [0, 0.1) is 9.39 Å². The number of ether oxygens (including phenoxy) is 1. The first-order valence-electron chi connectivity index (χ1n) is 7.76. The van der Waals surface area contributed by atoms with Gasteiger partial charge in [-0.15, -0.1) is 0 Å². The van der Waals surface area contributed by atoms with Gasteiger partial charge in [0.1, 0.15) is 23.7 Å². The van der Waals surface area contributed by atoms with E-state index in [0.29, 0.717) is 34.1 Å². The highest BCUT2D eigenvalue weighted by atomic mass is 127. The van der Waals surface area contributed by atoms with Gasteiger partial charge in [-0.2, -0.15) is 0 Å². The molecule has 0 spiro atoms. The molecule has 0 aliphatic carbocycles. The Balaban J connectivity index is 1.97. The van der Waals surface area contributed by atoms with E-state index in [1.54, 1.807) is 24.3 Å². The van der Waals surface area contributed by atoms with Gasteiger partial charge in [-0.25, -0.2) is 14.4 Å². The van der Waals surface area contributed by atoms with Gasteiger partial charge in [-0.3, -0.25) is 4.79 Å². The van der Waals surface area contributed by atoms with Crippen molar-refractivity contribution in [2.24, 2.45) is 5.73 Å². The minimum atomic E-state index is -0.503. The second-order valence-electron chi connectivity index (χ2n) is 5.48. The Bertz CT molecular complexity index is 1030. The highest BCUT2D eigenvalue weighted by Crippen LogP contribution is 2.30. The van der Waals surface area contributed by atoms with Gasteiger partial charge in [0.2, 0.25) is 5.91 Å². The molecule has 2 aromatic carbocycles. The molecule has 3 N–H and O–H groups in total. The third-order valence-corrected chi connectivity index (χ3v) is 5.22. The summed E-state index contributed by atoms with van der Waals surface area (Å²) in [5, 5.41) is 3.15. The van der Waals surface area contributed by atoms with Crippen molar-refractivity contribution in [3.05, 3.63) is 63.7 Å². The average molecular weight is 478 g/mol. The lowest BCUT2D eigenvalue weighted by Gasteiger charge is -2.11. The molecule has 27 heavy (non-hydrogen) atoms. The number of carbonyl (C=O) groups is 1. The number of benzene rings is 2. The minimum absolute atomic E-state index is 0.375. The van der Waals surface area contributed by atoms with E-state index in [2.05, 4.69) is 19.8 Å². The van der Waals surface area contributed by atoms with E-state index in [4.69, 9.17) is 10.5 Å². The van der Waals surface area contributed by atoms with E-state index < -0.39 is 32.5 Å². The Labute approximate surface area is 165 Å². The van der Waals surface area contributed by atoms with E-state index in [9.17, 15) is 9.18 Å². The zero-order valence-corrected chi connectivity index (χ0v) is 16.5. The zero-order chi connectivity index (χ0) is 19.4. The average Bonchev–Trinajstić information content (AvgIpc) is 2.67. The van der Waals surface area contributed by atoms with Crippen molar-refractivity contribution in [3.8, 4) is 17.0 Å². The van der Waals surface area contributed by atoms with Crippen LogP contribution in [0.5, 0.6) is 5.75 Å². The monoisotopic (exact) mass is 478 g/mol. The number of nitrogens with one attached hydrogen (secondary N) is 1. The molecule has 0 saturated carbocycles. The third kappa shape index (κ3) is 4.45. The fourth-order valence-electron chi connectivity index (χ4n) is 2.48. The number of hydrogen-bond acceptors (Lipinski definition) is 5. The molecule has 0 atom stereocenters. The summed E-state index contributed by atoms with van der Waals surface area (Å²) in [6.07, 6.45) is 1.40. The van der Waals surface area contributed by atoms with Crippen molar-refractivity contribution in [1.29, 1.82) is 0 Å². The molecule has 0 unspecified atom stereocenters. The molecule has 8 heteroatoms. The summed E-state index contributed by atoms with van der Waals surface area (Å²) in [6, 6.07) is 11.3. The molecular formula is C19H16FIN4O2. The minimum Gasteiger partial charge on any atom is -0.496 e. The molecular weight excluding hydrogens is 462 g/mol. The van der Waals surface area contributed by atoms with Gasteiger partial charge in [0.25, 0.3) is 0 Å². The second kappa shape index (κ2) is 8.21. The Morgan fingerprint density at radius 2 is 2.04 bits per heavy atom. The fourth-order valence-corrected chi connectivity index (χ4v) is 3.59. The van der Waals surface area contributed by atoms with Crippen LogP contribution in [0.25, 0.3) is 11.3 Å². The van der Waals surface area contributed by atoms with Crippen LogP contribution in [0.4, 0.5) is 15.9 Å². The molecule has 1 heterocycles. The van der Waals surface area contributed by atoms with Crippen LogP contribution in [0.1, 0.15) is 10.4 Å². The number of amides is 1. The topological polar surface area (TPSA) is 90.1 Å². The number of nitrogens with zero attached hydrogens (tertiary/aromatic N) is 2. The van der Waals surface area contributed by atoms with Crippen LogP contribution in [0.15, 0.2) is 48.8 Å². The van der Waals surface area contributed by atoms with Crippen molar-refractivity contribution in [2.75, 3.05) is 12.4 Å². The lowest BCUT2D eigenvalue weighted by molar-refractivity contribution is 0.1000. The maximum atomic E-state index is 13.4. The number of halogens is 2. The molecule has 1 aromatic heterocycles. The number of hydrogen-bond donors (Lipinski definition) is 2. The Morgan fingerprint density at radius 3 is 2.74 bits per heavy atom. The summed E-state index contributed by atoms with van der Waals surface area (Å²) < 4.78 is 23.6. The van der Waals surface area contributed by atoms with E-state index in [-0.39, 0.29) is 0 Å². The van der Waals surface area contributed by atoms with Gasteiger partial charge in [0.15, 0.2) is 0 Å². The molecule has 1 amide bonds. The van der Waals surface area contributed by atoms with Gasteiger partial charge in [-0.05, 0) is 30.3 Å². The van der Waals surface area contributed by atoms with Crippen LogP contribution < -0.4 is 15.8 Å². The van der Waals surface area contributed by atoms with E-state index in [1.165, 1.54) is 25.6 Å². The third-order valence-electron chi connectivity index (χ3n) is 3.72. The van der Waals surface area contributed by atoms with Crippen LogP contribution in [0.3, 0.4) is 0 Å². The molecule has 0 bridgehead atoms. The summed E-state index contributed by atoms with van der Waals surface area (Å²) in [5.74, 6) is -0.00672. The van der Waals surface area contributed by atoms with E-state index in [0.717, 1.165) is 3.57 Å². The first-order chi connectivity index (χ1) is 13.0. The second-order valence-corrected chi connectivity index (χ2v) is 7.49. The number of methoxy groups -OCH3 is 1. The number of aromatic nitrogens is 2. The molecule has 6 nitrogen and oxygen atoms in total. The summed E-state index contributed by atoms with van der Waals surface area (Å²) in [7, 11) is 1.47. The fraction of sp³-hybridized carbons (Fsp3) is 0.0526. The normalized spacial score (nSPS) is 10.4. The molecule has 0 aliphatic heterocycles. The maximum absolute atomic E-state index is 13.4. The predicted octanol–water partition coefficient (Wildman–Crippen LogP) is 3.71. The largest absolute Gasteiger partial charge is 0.496 e. The highest BCUT2D eigenvalue weighted by Gasteiger charge is 2.11. The van der Waals surface area contributed by atoms with Gasteiger partial charge in [0, 0.05) is 32.5 Å². The zero-order valence-electron chi connectivity index (χ0n) is 14.4. The molecule has 0 fully saturated rings. The van der Waals surface area contributed by atoms with Crippen molar-refractivity contribution in [1.82, 2.24) is 9.97 Å². The molecule has 0 radical (unpaired) electrons. The lowest BCUT2D eigenvalue weighted by atomic mass is 10.1. The predicted molar refractivity (Wildman–Crippen MR) is 112 cm³/mol. The highest BCUT2D eigenvalue weighted by molar-refractivity contribution is 14.2. The van der Waals surface area contributed by atoms with Gasteiger partial charge >= 0.3 is 0 Å². The molecule has 138 valence electrons. The summed E-state index contributed by atoms with van der Waals surface area (Å²) in [6.45, 7) is 0. The number of nitrogens with two attached hydrogens (primary N) is 1. The van der Waals surface area contributed by atoms with Gasteiger partial charge < -0.3 is 15.8 Å². The SMILES string of the molecule is C=Ic1cc(Nc2cc(-c3ccc(F)cc3OC)ncn2)cc(C(N)=O)c1. The Morgan fingerprint density at radius 1 is 1.22 bits per heavy atom. The Hall–Kier alpha value is -2.88. The summed E-state index contributed by atoms with van der Waals surface area (Å²) in [5.41, 5.74) is 7.70. The van der Waals surface area contributed by atoms with Gasteiger partial charge in [0.05, 0.1) is 12.8 Å². The Kier molecular flexibility index (Phi) is 5.75. The van der Waals surface area contributed by atoms with E-state index >= 15 is 0 Å². The summed E-state index contributed by atoms with van der Waals surface area (Å²) >= 11 is -0.462. The first-order valence-corrected chi connectivity index (χ1v) is 10.4. The van der Waals surface area contributed by atoms with Crippen molar-refractivity contribution in [2.45, 2.75) is 0 Å². The molecule has 0 aliphatic rings. The van der Waals surface area contributed by atoms with Gasteiger partial charge in [-0.1, -0.05) is 25.2 Å². The summed E-state index contributed by atoms with van der Waals surface area (Å²) in [4.78, 5) is 20.0. The number of primary amides is 1. The molecule has 0 saturated heterocycles. The number of rotatable bonds is 6. The van der Waals surface area contributed by atoms with Crippen LogP contribution >= 0.6 is 20.7 Å². The van der Waals surface area contributed by atoms with Crippen molar-refractivity contribution >= 4 is 42.7 Å². The van der Waals surface area contributed by atoms with Crippen molar-refractivity contribution in [3.63, 3.8) is 0 Å². The smallest absolute Gasteiger partial charge is 0.248 e. The van der Waals surface area contributed by atoms with Crippen LogP contribution in [-0.4, -0.2) is 27.5 Å². The standard InChI is InChI=1S/C19H16FIN4O2/c1-21-13-5-11(19(22)26)6-14(8-13)25-18-9-16(23-10-24-18)15-4-3-12(20)7-17(15)27-2/h3-10H,1H2,2H3,(H2,22,26)(H,23,24,25). The van der Waals surface area contributed by atoms with Crippen LogP contribution in [-0.2, 0) is 0 Å². The quantitative estimate of drug-likeness (QED) is 0.528. The number of anilines is 2. The van der Waals surface area contributed by atoms with Crippen LogP contribution in [0.2, 0.25) is 0 Å². The first kappa shape index (κ1) is 18.9. The van der Waals surface area contributed by atoms with Crippen molar-refractivity contribution < 1.29 is 13.9 Å².